The van der Waals surface area contributed by atoms with Crippen LogP contribution in [-0.4, -0.2) is 37.3 Å². The lowest BCUT2D eigenvalue weighted by molar-refractivity contribution is 0.00578. The van der Waals surface area contributed by atoms with Crippen molar-refractivity contribution in [1.82, 2.24) is 5.32 Å². The molecule has 1 saturated heterocycles. The number of carbonyl (C=O) groups is 1. The molecule has 6 heteroatoms. The first kappa shape index (κ1) is 16.0. The Morgan fingerprint density at radius 2 is 1.86 bits per heavy atom. The number of rotatable bonds is 4. The van der Waals surface area contributed by atoms with E-state index in [-0.39, 0.29) is 5.91 Å². The molecule has 114 valence electrons. The van der Waals surface area contributed by atoms with Gasteiger partial charge in [-0.05, 0) is 45.3 Å². The smallest absolute Gasteiger partial charge is 0.399 e. The van der Waals surface area contributed by atoms with Crippen molar-refractivity contribution in [3.05, 3.63) is 29.8 Å². The Bertz CT molecular complexity index is 515. The van der Waals surface area contributed by atoms with E-state index < -0.39 is 18.3 Å². The van der Waals surface area contributed by atoms with Crippen LogP contribution < -0.4 is 16.5 Å². The zero-order valence-electron chi connectivity index (χ0n) is 13.1. The van der Waals surface area contributed by atoms with E-state index in [0.29, 0.717) is 18.7 Å². The van der Waals surface area contributed by atoms with Gasteiger partial charge in [0.2, 0.25) is 0 Å². The highest BCUT2D eigenvalue weighted by Gasteiger charge is 2.51. The summed E-state index contributed by atoms with van der Waals surface area (Å²) in [6.07, 6.45) is 0. The lowest BCUT2D eigenvalue weighted by atomic mass is 9.78. The fraction of sp³-hybridized carbons (Fsp3) is 0.533. The Kier molecular flexibility index (Phi) is 4.42. The third-order valence-corrected chi connectivity index (χ3v) is 4.10. The van der Waals surface area contributed by atoms with E-state index in [0.717, 1.165) is 5.46 Å². The molecule has 2 rings (SSSR count). The molecule has 1 amide bonds. The third-order valence-electron chi connectivity index (χ3n) is 4.10. The van der Waals surface area contributed by atoms with Crippen molar-refractivity contribution in [2.45, 2.75) is 38.9 Å². The van der Waals surface area contributed by atoms with E-state index in [1.54, 1.807) is 12.1 Å². The Balaban J connectivity index is 2.17. The van der Waals surface area contributed by atoms with Crippen LogP contribution in [-0.2, 0) is 9.31 Å². The molecule has 0 bridgehead atoms. The quantitative estimate of drug-likeness (QED) is 0.800. The summed E-state index contributed by atoms with van der Waals surface area (Å²) in [7, 11) is -0.461. The molecule has 1 heterocycles. The molecule has 21 heavy (non-hydrogen) atoms. The van der Waals surface area contributed by atoms with Crippen molar-refractivity contribution in [2.24, 2.45) is 5.73 Å². The molecule has 5 nitrogen and oxygen atoms in total. The fourth-order valence-corrected chi connectivity index (χ4v) is 2.09. The zero-order chi connectivity index (χ0) is 15.7. The second-order valence-electron chi connectivity index (χ2n) is 6.26. The van der Waals surface area contributed by atoms with E-state index in [1.165, 1.54) is 0 Å². The minimum Gasteiger partial charge on any atom is -0.399 e. The third kappa shape index (κ3) is 3.28. The molecule has 1 aromatic rings. The summed E-state index contributed by atoms with van der Waals surface area (Å²) in [5, 5.41) is 2.75. The normalized spacial score (nSPS) is 19.6. The standard InChI is InChI=1S/C15H23BN2O3/c1-14(2)15(3,4)21-16(20-14)12-7-5-6-11(10-12)13(19)18-9-8-17/h5-7,10H,8-9,17H2,1-4H3,(H,18,19). The number of hydrogen-bond donors (Lipinski definition) is 2. The molecule has 0 unspecified atom stereocenters. The minimum absolute atomic E-state index is 0.140. The van der Waals surface area contributed by atoms with Crippen LogP contribution in [0.25, 0.3) is 0 Å². The van der Waals surface area contributed by atoms with Gasteiger partial charge in [-0.25, -0.2) is 0 Å². The van der Waals surface area contributed by atoms with Crippen LogP contribution in [0.4, 0.5) is 0 Å². The van der Waals surface area contributed by atoms with Crippen molar-refractivity contribution in [3.63, 3.8) is 0 Å². The van der Waals surface area contributed by atoms with Crippen LogP contribution in [0.15, 0.2) is 24.3 Å². The van der Waals surface area contributed by atoms with Gasteiger partial charge in [-0.3, -0.25) is 4.79 Å². The predicted molar refractivity (Wildman–Crippen MR) is 83.5 cm³/mol. The Morgan fingerprint density at radius 1 is 1.24 bits per heavy atom. The molecule has 1 aliphatic heterocycles. The first-order valence-corrected chi connectivity index (χ1v) is 7.21. The van der Waals surface area contributed by atoms with Crippen LogP contribution >= 0.6 is 0 Å². The summed E-state index contributed by atoms with van der Waals surface area (Å²) in [5.74, 6) is -0.140. The maximum Gasteiger partial charge on any atom is 0.494 e. The number of benzene rings is 1. The van der Waals surface area contributed by atoms with Crippen LogP contribution in [0, 0.1) is 0 Å². The van der Waals surface area contributed by atoms with Crippen LogP contribution in [0.2, 0.25) is 0 Å². The summed E-state index contributed by atoms with van der Waals surface area (Å²) >= 11 is 0. The summed E-state index contributed by atoms with van der Waals surface area (Å²) in [6, 6.07) is 7.30. The summed E-state index contributed by atoms with van der Waals surface area (Å²) in [5.41, 5.74) is 6.02. The second kappa shape index (κ2) is 5.79. The van der Waals surface area contributed by atoms with Gasteiger partial charge in [0.05, 0.1) is 11.2 Å². The van der Waals surface area contributed by atoms with Gasteiger partial charge in [0.15, 0.2) is 0 Å². The maximum absolute atomic E-state index is 12.0. The molecule has 1 fully saturated rings. The highest BCUT2D eigenvalue weighted by molar-refractivity contribution is 6.62. The number of carbonyl (C=O) groups excluding carboxylic acids is 1. The summed E-state index contributed by atoms with van der Waals surface area (Å²) < 4.78 is 12.0. The van der Waals surface area contributed by atoms with Crippen molar-refractivity contribution in [3.8, 4) is 0 Å². The number of nitrogens with two attached hydrogens (primary N) is 1. The van der Waals surface area contributed by atoms with Gasteiger partial charge in [-0.2, -0.15) is 0 Å². The maximum atomic E-state index is 12.0. The molecule has 0 atom stereocenters. The molecular formula is C15H23BN2O3. The molecular weight excluding hydrogens is 267 g/mol. The zero-order valence-corrected chi connectivity index (χ0v) is 13.1. The van der Waals surface area contributed by atoms with E-state index in [9.17, 15) is 4.79 Å². The van der Waals surface area contributed by atoms with E-state index in [4.69, 9.17) is 15.0 Å². The van der Waals surface area contributed by atoms with Crippen molar-refractivity contribution in [2.75, 3.05) is 13.1 Å². The topological polar surface area (TPSA) is 73.6 Å². The Hall–Kier alpha value is -1.37. The first-order valence-electron chi connectivity index (χ1n) is 7.21. The largest absolute Gasteiger partial charge is 0.494 e. The summed E-state index contributed by atoms with van der Waals surface area (Å²) in [4.78, 5) is 12.0. The lowest BCUT2D eigenvalue weighted by Gasteiger charge is -2.32. The predicted octanol–water partition coefficient (Wildman–Crippen LogP) is 0.674. The Morgan fingerprint density at radius 3 is 2.43 bits per heavy atom. The van der Waals surface area contributed by atoms with Crippen LogP contribution in [0.1, 0.15) is 38.1 Å². The van der Waals surface area contributed by atoms with Gasteiger partial charge in [-0.15, -0.1) is 0 Å². The summed E-state index contributed by atoms with van der Waals surface area (Å²) in [6.45, 7) is 8.90. The molecule has 1 aliphatic rings. The molecule has 1 aromatic carbocycles. The number of amides is 1. The van der Waals surface area contributed by atoms with Crippen LogP contribution in [0.3, 0.4) is 0 Å². The van der Waals surface area contributed by atoms with Gasteiger partial charge >= 0.3 is 7.12 Å². The van der Waals surface area contributed by atoms with Crippen LogP contribution in [0.5, 0.6) is 0 Å². The second-order valence-corrected chi connectivity index (χ2v) is 6.26. The SMILES string of the molecule is CC1(C)OB(c2cccc(C(=O)NCCN)c2)OC1(C)C. The molecule has 0 saturated carbocycles. The van der Waals surface area contributed by atoms with Gasteiger partial charge in [0, 0.05) is 18.7 Å². The molecule has 0 aliphatic carbocycles. The Labute approximate surface area is 126 Å². The van der Waals surface area contributed by atoms with Gasteiger partial charge in [0.25, 0.3) is 5.91 Å². The van der Waals surface area contributed by atoms with Crippen molar-refractivity contribution < 1.29 is 14.1 Å². The molecule has 0 radical (unpaired) electrons. The monoisotopic (exact) mass is 290 g/mol. The van der Waals surface area contributed by atoms with Gasteiger partial charge < -0.3 is 20.4 Å². The van der Waals surface area contributed by atoms with Crippen molar-refractivity contribution >= 4 is 18.5 Å². The number of nitrogens with one attached hydrogen (secondary N) is 1. The van der Waals surface area contributed by atoms with Crippen molar-refractivity contribution in [1.29, 1.82) is 0 Å². The van der Waals surface area contributed by atoms with E-state index in [2.05, 4.69) is 5.32 Å². The van der Waals surface area contributed by atoms with Gasteiger partial charge in [0.1, 0.15) is 0 Å². The highest BCUT2D eigenvalue weighted by atomic mass is 16.7. The fourth-order valence-electron chi connectivity index (χ4n) is 2.09. The van der Waals surface area contributed by atoms with E-state index in [1.807, 2.05) is 39.8 Å². The lowest BCUT2D eigenvalue weighted by Crippen LogP contribution is -2.41. The number of hydrogen-bond acceptors (Lipinski definition) is 4. The highest BCUT2D eigenvalue weighted by Crippen LogP contribution is 2.36. The average molecular weight is 290 g/mol. The first-order chi connectivity index (χ1) is 9.77. The minimum atomic E-state index is -0.461. The average Bonchev–Trinajstić information content (AvgIpc) is 2.65. The molecule has 0 aromatic heterocycles. The van der Waals surface area contributed by atoms with Gasteiger partial charge in [-0.1, -0.05) is 12.1 Å². The van der Waals surface area contributed by atoms with E-state index >= 15 is 0 Å². The molecule has 3 N–H and O–H groups in total. The molecule has 0 spiro atoms.